The molecular formula is C15H12Cl2N2O4. The van der Waals surface area contributed by atoms with Gasteiger partial charge in [-0.15, -0.1) is 0 Å². The molecule has 0 bridgehead atoms. The van der Waals surface area contributed by atoms with E-state index in [1.165, 1.54) is 31.4 Å². The first kappa shape index (κ1) is 17.1. The number of hydrogen-bond acceptors (Lipinski definition) is 4. The number of hydrogen-bond donors (Lipinski definition) is 1. The molecule has 8 heteroatoms. The zero-order chi connectivity index (χ0) is 17.1. The molecule has 0 heterocycles. The standard InChI is InChI=1S/C15H12Cl2N2O4/c1-8-12(4-3-5-13(8)19(21)22)18-15(20)9-6-10(16)14(23-2)11(17)7-9/h3-7H,1-2H3,(H,18,20). The molecule has 0 spiro atoms. The van der Waals surface area contributed by atoms with Gasteiger partial charge in [0, 0.05) is 11.6 Å². The van der Waals surface area contributed by atoms with Gasteiger partial charge in [0.15, 0.2) is 5.75 Å². The summed E-state index contributed by atoms with van der Waals surface area (Å²) in [4.78, 5) is 22.7. The molecule has 0 saturated carbocycles. The predicted octanol–water partition coefficient (Wildman–Crippen LogP) is 4.47. The van der Waals surface area contributed by atoms with E-state index in [0.29, 0.717) is 11.3 Å². The van der Waals surface area contributed by atoms with Crippen molar-refractivity contribution in [3.05, 3.63) is 61.6 Å². The molecule has 2 aromatic carbocycles. The maximum atomic E-state index is 12.3. The molecule has 2 rings (SSSR count). The van der Waals surface area contributed by atoms with Gasteiger partial charge in [0.25, 0.3) is 11.6 Å². The lowest BCUT2D eigenvalue weighted by molar-refractivity contribution is -0.385. The quantitative estimate of drug-likeness (QED) is 0.648. The van der Waals surface area contributed by atoms with E-state index < -0.39 is 10.8 Å². The number of halogens is 2. The number of amides is 1. The highest BCUT2D eigenvalue weighted by Crippen LogP contribution is 2.34. The van der Waals surface area contributed by atoms with Gasteiger partial charge in [0.2, 0.25) is 0 Å². The van der Waals surface area contributed by atoms with E-state index in [-0.39, 0.29) is 27.0 Å². The summed E-state index contributed by atoms with van der Waals surface area (Å²) >= 11 is 12.0. The van der Waals surface area contributed by atoms with Crippen molar-refractivity contribution in [1.82, 2.24) is 0 Å². The van der Waals surface area contributed by atoms with Gasteiger partial charge >= 0.3 is 0 Å². The van der Waals surface area contributed by atoms with Gasteiger partial charge < -0.3 is 10.1 Å². The van der Waals surface area contributed by atoms with E-state index in [4.69, 9.17) is 27.9 Å². The first-order chi connectivity index (χ1) is 10.8. The van der Waals surface area contributed by atoms with E-state index in [0.717, 1.165) is 0 Å². The average Bonchev–Trinajstić information content (AvgIpc) is 2.48. The predicted molar refractivity (Wildman–Crippen MR) is 88.8 cm³/mol. The van der Waals surface area contributed by atoms with Crippen LogP contribution in [0.1, 0.15) is 15.9 Å². The molecule has 120 valence electrons. The van der Waals surface area contributed by atoms with Crippen molar-refractivity contribution in [2.24, 2.45) is 0 Å². The summed E-state index contributed by atoms with van der Waals surface area (Å²) in [5, 5.41) is 13.9. The second-order valence-electron chi connectivity index (χ2n) is 4.63. The normalized spacial score (nSPS) is 10.3. The van der Waals surface area contributed by atoms with E-state index >= 15 is 0 Å². The Morgan fingerprint density at radius 2 is 1.87 bits per heavy atom. The lowest BCUT2D eigenvalue weighted by Crippen LogP contribution is -2.13. The van der Waals surface area contributed by atoms with Crippen molar-refractivity contribution < 1.29 is 14.5 Å². The number of rotatable bonds is 4. The Morgan fingerprint density at radius 1 is 1.26 bits per heavy atom. The fourth-order valence-electron chi connectivity index (χ4n) is 2.04. The number of ether oxygens (including phenoxy) is 1. The van der Waals surface area contributed by atoms with Gasteiger partial charge in [-0.1, -0.05) is 29.3 Å². The Bertz CT molecular complexity index is 770. The maximum absolute atomic E-state index is 12.3. The van der Waals surface area contributed by atoms with Crippen LogP contribution in [0.4, 0.5) is 11.4 Å². The number of anilines is 1. The molecule has 23 heavy (non-hydrogen) atoms. The van der Waals surface area contributed by atoms with Gasteiger partial charge in [-0.2, -0.15) is 0 Å². The fraction of sp³-hybridized carbons (Fsp3) is 0.133. The Kier molecular flexibility index (Phi) is 5.08. The molecule has 6 nitrogen and oxygen atoms in total. The SMILES string of the molecule is COc1c(Cl)cc(C(=O)Nc2cccc([N+](=O)[O-])c2C)cc1Cl. The van der Waals surface area contributed by atoms with Crippen LogP contribution in [-0.4, -0.2) is 17.9 Å². The van der Waals surface area contributed by atoms with Crippen LogP contribution in [0.15, 0.2) is 30.3 Å². The van der Waals surface area contributed by atoms with Crippen LogP contribution >= 0.6 is 23.2 Å². The van der Waals surface area contributed by atoms with Crippen molar-refractivity contribution in [3.63, 3.8) is 0 Å². The number of methoxy groups -OCH3 is 1. The zero-order valence-electron chi connectivity index (χ0n) is 12.2. The highest BCUT2D eigenvalue weighted by Gasteiger charge is 2.17. The molecule has 0 aliphatic rings. The molecule has 0 atom stereocenters. The van der Waals surface area contributed by atoms with Gasteiger partial charge in [0.05, 0.1) is 33.3 Å². The minimum absolute atomic E-state index is 0.0754. The van der Waals surface area contributed by atoms with Crippen molar-refractivity contribution in [1.29, 1.82) is 0 Å². The van der Waals surface area contributed by atoms with Gasteiger partial charge in [-0.3, -0.25) is 14.9 Å². The van der Waals surface area contributed by atoms with Crippen molar-refractivity contribution in [2.45, 2.75) is 6.92 Å². The van der Waals surface area contributed by atoms with E-state index in [1.54, 1.807) is 13.0 Å². The molecule has 0 unspecified atom stereocenters. The summed E-state index contributed by atoms with van der Waals surface area (Å²) in [6, 6.07) is 7.26. The number of nitrogens with zero attached hydrogens (tertiary/aromatic N) is 1. The van der Waals surface area contributed by atoms with Crippen LogP contribution < -0.4 is 10.1 Å². The van der Waals surface area contributed by atoms with Gasteiger partial charge in [-0.25, -0.2) is 0 Å². The number of nitro groups is 1. The third-order valence-electron chi connectivity index (χ3n) is 3.21. The fourth-order valence-corrected chi connectivity index (χ4v) is 2.68. The third-order valence-corrected chi connectivity index (χ3v) is 3.78. The smallest absolute Gasteiger partial charge is 0.274 e. The summed E-state index contributed by atoms with van der Waals surface area (Å²) in [5.74, 6) is -0.212. The lowest BCUT2D eigenvalue weighted by Gasteiger charge is -2.11. The zero-order valence-corrected chi connectivity index (χ0v) is 13.7. The van der Waals surface area contributed by atoms with Crippen molar-refractivity contribution in [2.75, 3.05) is 12.4 Å². The van der Waals surface area contributed by atoms with E-state index in [1.807, 2.05) is 0 Å². The second kappa shape index (κ2) is 6.85. The molecular weight excluding hydrogens is 343 g/mol. The van der Waals surface area contributed by atoms with Crippen molar-refractivity contribution >= 4 is 40.5 Å². The highest BCUT2D eigenvalue weighted by atomic mass is 35.5. The molecule has 1 amide bonds. The van der Waals surface area contributed by atoms with Crippen LogP contribution in [0.5, 0.6) is 5.75 Å². The topological polar surface area (TPSA) is 81.5 Å². The molecule has 0 aliphatic carbocycles. The second-order valence-corrected chi connectivity index (χ2v) is 5.45. The minimum Gasteiger partial charge on any atom is -0.494 e. The first-order valence-electron chi connectivity index (χ1n) is 6.43. The highest BCUT2D eigenvalue weighted by molar-refractivity contribution is 6.37. The van der Waals surface area contributed by atoms with Gasteiger partial charge in [-0.05, 0) is 25.1 Å². The third kappa shape index (κ3) is 3.55. The van der Waals surface area contributed by atoms with Gasteiger partial charge in [0.1, 0.15) is 0 Å². The summed E-state index contributed by atoms with van der Waals surface area (Å²) in [6.07, 6.45) is 0. The number of benzene rings is 2. The Balaban J connectivity index is 2.33. The minimum atomic E-state index is -0.508. The van der Waals surface area contributed by atoms with Crippen LogP contribution in [0, 0.1) is 17.0 Å². The van der Waals surface area contributed by atoms with Crippen LogP contribution in [0.25, 0.3) is 0 Å². The Hall–Kier alpha value is -2.31. The summed E-state index contributed by atoms with van der Waals surface area (Å²) in [6.45, 7) is 1.56. The summed E-state index contributed by atoms with van der Waals surface area (Å²) < 4.78 is 5.02. The monoisotopic (exact) mass is 354 g/mol. The maximum Gasteiger partial charge on any atom is 0.274 e. The van der Waals surface area contributed by atoms with Crippen LogP contribution in [0.2, 0.25) is 10.0 Å². The number of carbonyl (C=O) groups is 1. The molecule has 1 N–H and O–H groups in total. The first-order valence-corrected chi connectivity index (χ1v) is 7.19. The van der Waals surface area contributed by atoms with Crippen LogP contribution in [-0.2, 0) is 0 Å². The molecule has 0 aliphatic heterocycles. The van der Waals surface area contributed by atoms with E-state index in [2.05, 4.69) is 5.32 Å². The number of nitro benzene ring substituents is 1. The Morgan fingerprint density at radius 3 is 2.39 bits per heavy atom. The van der Waals surface area contributed by atoms with Crippen molar-refractivity contribution in [3.8, 4) is 5.75 Å². The number of carbonyl (C=O) groups excluding carboxylic acids is 1. The molecule has 0 saturated heterocycles. The largest absolute Gasteiger partial charge is 0.494 e. The number of nitrogens with one attached hydrogen (secondary N) is 1. The molecule has 0 radical (unpaired) electrons. The average molecular weight is 355 g/mol. The summed E-state index contributed by atoms with van der Waals surface area (Å²) in [5.41, 5.74) is 0.837. The molecule has 0 aromatic heterocycles. The lowest BCUT2D eigenvalue weighted by atomic mass is 10.1. The Labute approximate surface area is 142 Å². The molecule has 0 fully saturated rings. The van der Waals surface area contributed by atoms with E-state index in [9.17, 15) is 14.9 Å². The summed E-state index contributed by atoms with van der Waals surface area (Å²) in [7, 11) is 1.42. The molecule has 2 aromatic rings. The van der Waals surface area contributed by atoms with Crippen LogP contribution in [0.3, 0.4) is 0 Å².